The second-order valence-electron chi connectivity index (χ2n) is 18.1. The third-order valence-electron chi connectivity index (χ3n) is 15.1. The van der Waals surface area contributed by atoms with Gasteiger partial charge in [-0.25, -0.2) is 0 Å². The van der Waals surface area contributed by atoms with Crippen molar-refractivity contribution in [2.24, 2.45) is 23.7 Å². The molecule has 0 aliphatic heterocycles. The molecule has 8 aromatic carbocycles. The van der Waals surface area contributed by atoms with Crippen molar-refractivity contribution in [1.82, 2.24) is 0 Å². The van der Waals surface area contributed by atoms with Crippen LogP contribution in [0.3, 0.4) is 0 Å². The third kappa shape index (κ3) is 5.07. The summed E-state index contributed by atoms with van der Waals surface area (Å²) in [6, 6.07) is 69.7. The maximum absolute atomic E-state index is 6.43. The van der Waals surface area contributed by atoms with Crippen LogP contribution in [-0.4, -0.2) is 0 Å². The van der Waals surface area contributed by atoms with Crippen LogP contribution in [0.5, 0.6) is 0 Å². The molecule has 60 heavy (non-hydrogen) atoms. The van der Waals surface area contributed by atoms with Gasteiger partial charge in [0, 0.05) is 39.3 Å². The van der Waals surface area contributed by atoms with Crippen LogP contribution in [0, 0.1) is 23.7 Å². The van der Waals surface area contributed by atoms with Gasteiger partial charge in [0.15, 0.2) is 0 Å². The molecule has 5 aliphatic rings. The zero-order chi connectivity index (χ0) is 39.4. The molecule has 0 radical (unpaired) electrons. The number of fused-ring (bicyclic) bond motifs is 6. The Bertz CT molecular complexity index is 3060. The fourth-order valence-electron chi connectivity index (χ4n) is 12.8. The molecule has 1 heterocycles. The van der Waals surface area contributed by atoms with E-state index in [-0.39, 0.29) is 5.41 Å². The van der Waals surface area contributed by atoms with Crippen molar-refractivity contribution in [2.75, 3.05) is 4.90 Å². The number of hydrogen-bond acceptors (Lipinski definition) is 2. The molecule has 1 spiro atoms. The predicted molar refractivity (Wildman–Crippen MR) is 248 cm³/mol. The van der Waals surface area contributed by atoms with Crippen LogP contribution in [0.15, 0.2) is 192 Å². The minimum absolute atomic E-state index is 0.0941. The Morgan fingerprint density at radius 2 is 0.950 bits per heavy atom. The fraction of sp³-hybridized carbons (Fsp3) is 0.172. The molecule has 4 saturated carbocycles. The van der Waals surface area contributed by atoms with Gasteiger partial charge in [0.1, 0.15) is 11.2 Å². The van der Waals surface area contributed by atoms with Crippen molar-refractivity contribution >= 4 is 39.0 Å². The van der Waals surface area contributed by atoms with Gasteiger partial charge in [0.25, 0.3) is 0 Å². The lowest BCUT2D eigenvalue weighted by Gasteiger charge is -2.61. The molecule has 4 bridgehead atoms. The lowest BCUT2D eigenvalue weighted by molar-refractivity contribution is -0.0399. The van der Waals surface area contributed by atoms with Crippen LogP contribution < -0.4 is 4.90 Å². The smallest absolute Gasteiger partial charge is 0.137 e. The molecular weight excluding hydrogens is 727 g/mol. The molecule has 1 aromatic heterocycles. The highest BCUT2D eigenvalue weighted by Gasteiger charge is 2.61. The Kier molecular flexibility index (Phi) is 7.52. The highest BCUT2D eigenvalue weighted by atomic mass is 16.3. The number of anilines is 3. The normalized spacial score (nSPS) is 22.1. The van der Waals surface area contributed by atoms with Crippen molar-refractivity contribution in [2.45, 2.75) is 37.5 Å². The lowest BCUT2D eigenvalue weighted by atomic mass is 9.43. The maximum Gasteiger partial charge on any atom is 0.137 e. The number of nitrogens with zero attached hydrogens (tertiary/aromatic N) is 1. The molecule has 0 atom stereocenters. The average molecular weight is 772 g/mol. The zero-order valence-electron chi connectivity index (χ0n) is 33.6. The third-order valence-corrected chi connectivity index (χ3v) is 15.1. The quantitative estimate of drug-likeness (QED) is 0.167. The first-order valence-electron chi connectivity index (χ1n) is 22.0. The van der Waals surface area contributed by atoms with Crippen molar-refractivity contribution in [1.29, 1.82) is 0 Å². The van der Waals surface area contributed by atoms with Crippen LogP contribution in [0.4, 0.5) is 17.1 Å². The minimum atomic E-state index is 0.0941. The van der Waals surface area contributed by atoms with Crippen molar-refractivity contribution < 1.29 is 4.42 Å². The average Bonchev–Trinajstić information content (AvgIpc) is 3.82. The Balaban J connectivity index is 0.941. The van der Waals surface area contributed by atoms with Crippen LogP contribution >= 0.6 is 0 Å². The fourth-order valence-corrected chi connectivity index (χ4v) is 12.8. The summed E-state index contributed by atoms with van der Waals surface area (Å²) in [5.41, 5.74) is 19.0. The SMILES string of the molecule is c1ccc(-c2ccc(N(c3ccc(-c4cccc5c4-c4ccc(-c6ccccc6)cc4C54C5CC6CC(C5)CC4C6)cc3)c3ccc4c(c3)oc3ccccc34)cc2)cc1. The first-order valence-corrected chi connectivity index (χ1v) is 22.0. The second-order valence-corrected chi connectivity index (χ2v) is 18.1. The summed E-state index contributed by atoms with van der Waals surface area (Å²) in [6.45, 7) is 0. The van der Waals surface area contributed by atoms with Gasteiger partial charge in [-0.1, -0.05) is 133 Å². The largest absolute Gasteiger partial charge is 0.456 e. The molecule has 9 aromatic rings. The maximum atomic E-state index is 6.43. The van der Waals surface area contributed by atoms with Gasteiger partial charge >= 0.3 is 0 Å². The minimum Gasteiger partial charge on any atom is -0.456 e. The molecule has 5 aliphatic carbocycles. The van der Waals surface area contributed by atoms with E-state index in [4.69, 9.17) is 4.42 Å². The monoisotopic (exact) mass is 771 g/mol. The van der Waals surface area contributed by atoms with Gasteiger partial charge in [0.05, 0.1) is 0 Å². The highest BCUT2D eigenvalue weighted by molar-refractivity contribution is 6.06. The van der Waals surface area contributed by atoms with Crippen molar-refractivity contribution in [3.8, 4) is 44.5 Å². The van der Waals surface area contributed by atoms with E-state index in [0.29, 0.717) is 11.8 Å². The topological polar surface area (TPSA) is 16.4 Å². The summed E-state index contributed by atoms with van der Waals surface area (Å²) in [4.78, 5) is 2.37. The lowest BCUT2D eigenvalue weighted by Crippen LogP contribution is -2.55. The summed E-state index contributed by atoms with van der Waals surface area (Å²) >= 11 is 0. The first kappa shape index (κ1) is 34.2. The van der Waals surface area contributed by atoms with Crippen LogP contribution in [0.25, 0.3) is 66.4 Å². The highest BCUT2D eigenvalue weighted by Crippen LogP contribution is 2.70. The second kappa shape index (κ2) is 13.2. The first-order chi connectivity index (χ1) is 29.7. The van der Waals surface area contributed by atoms with Crippen LogP contribution in [-0.2, 0) is 5.41 Å². The summed E-state index contributed by atoms with van der Waals surface area (Å²) in [6.07, 6.45) is 6.97. The van der Waals surface area contributed by atoms with E-state index in [0.717, 1.165) is 50.8 Å². The summed E-state index contributed by atoms with van der Waals surface area (Å²) in [7, 11) is 0. The van der Waals surface area contributed by atoms with E-state index in [9.17, 15) is 0 Å². The van der Waals surface area contributed by atoms with E-state index in [1.807, 2.05) is 6.07 Å². The Morgan fingerprint density at radius 3 is 1.65 bits per heavy atom. The summed E-state index contributed by atoms with van der Waals surface area (Å²) < 4.78 is 6.43. The van der Waals surface area contributed by atoms with E-state index < -0.39 is 0 Å². The molecule has 0 saturated heterocycles. The van der Waals surface area contributed by atoms with E-state index in [2.05, 4.69) is 187 Å². The number of hydrogen-bond donors (Lipinski definition) is 0. The van der Waals surface area contributed by atoms with Crippen LogP contribution in [0.1, 0.15) is 43.2 Å². The van der Waals surface area contributed by atoms with Crippen molar-refractivity contribution in [3.63, 3.8) is 0 Å². The molecular formula is C58H45NO. The molecule has 2 heteroatoms. The molecule has 4 fully saturated rings. The Labute approximate surface area is 351 Å². The van der Waals surface area contributed by atoms with E-state index >= 15 is 0 Å². The van der Waals surface area contributed by atoms with E-state index in [1.165, 1.54) is 76.6 Å². The van der Waals surface area contributed by atoms with E-state index in [1.54, 1.807) is 11.1 Å². The predicted octanol–water partition coefficient (Wildman–Crippen LogP) is 15.8. The van der Waals surface area contributed by atoms with Gasteiger partial charge in [0.2, 0.25) is 0 Å². The zero-order valence-corrected chi connectivity index (χ0v) is 33.6. The standard InChI is InChI=1S/C58H45NO/c1-3-10-39(11-4-1)41-18-23-46(24-19-41)59(48-27-29-51-50-14-7-8-17-55(50)60-56(51)36-48)47-25-20-42(21-26-47)49-15-9-16-53-57(49)52-28-22-43(40-12-5-2-6-13-40)35-54(52)58(53)44-31-37-30-38(33-44)34-45(58)32-37/h1-29,35-38,44-45H,30-34H2. The number of para-hydroxylation sites is 1. The van der Waals surface area contributed by atoms with Gasteiger partial charge < -0.3 is 9.32 Å². The Morgan fingerprint density at radius 1 is 0.383 bits per heavy atom. The van der Waals surface area contributed by atoms with Gasteiger partial charge in [-0.2, -0.15) is 0 Å². The molecule has 288 valence electrons. The molecule has 0 amide bonds. The Hall–Kier alpha value is -6.64. The molecule has 0 unspecified atom stereocenters. The molecule has 0 N–H and O–H groups in total. The van der Waals surface area contributed by atoms with Crippen molar-refractivity contribution in [3.05, 3.63) is 199 Å². The number of rotatable bonds is 6. The van der Waals surface area contributed by atoms with Gasteiger partial charge in [-0.05, 0) is 160 Å². The summed E-state index contributed by atoms with van der Waals surface area (Å²) in [5.74, 6) is 3.24. The number of benzene rings is 8. The summed E-state index contributed by atoms with van der Waals surface area (Å²) in [5, 5.41) is 2.28. The van der Waals surface area contributed by atoms with Gasteiger partial charge in [-0.3, -0.25) is 0 Å². The molecule has 14 rings (SSSR count). The molecule has 2 nitrogen and oxygen atoms in total. The van der Waals surface area contributed by atoms with Gasteiger partial charge in [-0.15, -0.1) is 0 Å². The van der Waals surface area contributed by atoms with Crippen LogP contribution in [0.2, 0.25) is 0 Å². The number of furan rings is 1.